The molecule has 0 atom stereocenters. The monoisotopic (exact) mass is 728 g/mol. The first kappa shape index (κ1) is 29.0. The Kier molecular flexibility index (Phi) is 9.00. The Bertz CT molecular complexity index is 1730. The molecule has 6 heteroatoms. The van der Waals surface area contributed by atoms with Crippen LogP contribution < -0.4 is 9.80 Å². The van der Waals surface area contributed by atoms with Crippen LogP contribution in [0.4, 0.5) is 28.8 Å². The minimum absolute atomic E-state index is 0. The number of para-hydroxylation sites is 2. The summed E-state index contributed by atoms with van der Waals surface area (Å²) in [5.41, 5.74) is 8.05. The SMILES string of the molecule is CCN(c1[c-]c(N(c2ccccc2)c2nc(-c3[c-]cccc3)cn2-c2c(C)cccc2C)ccc1)c1ccccn1.[Pt+2]. The minimum Gasteiger partial charge on any atom is -0.350 e. The molecule has 2 aromatic heterocycles. The van der Waals surface area contributed by atoms with Gasteiger partial charge in [-0.25, -0.2) is 4.98 Å². The molecule has 0 aliphatic rings. The van der Waals surface area contributed by atoms with Gasteiger partial charge in [-0.2, -0.15) is 6.07 Å². The molecule has 0 aliphatic carbocycles. The molecule has 4 aromatic carbocycles. The first-order valence-electron chi connectivity index (χ1n) is 13.8. The van der Waals surface area contributed by atoms with Gasteiger partial charge < -0.3 is 9.80 Å². The van der Waals surface area contributed by atoms with Gasteiger partial charge in [0.05, 0.1) is 5.69 Å². The Morgan fingerprint density at radius 3 is 2.17 bits per heavy atom. The van der Waals surface area contributed by atoms with E-state index >= 15 is 0 Å². The van der Waals surface area contributed by atoms with Crippen molar-refractivity contribution < 1.29 is 21.1 Å². The molecule has 0 amide bonds. The van der Waals surface area contributed by atoms with Gasteiger partial charge in [0.25, 0.3) is 0 Å². The molecule has 0 spiro atoms. The van der Waals surface area contributed by atoms with Gasteiger partial charge in [-0.3, -0.25) is 9.55 Å². The molecule has 0 fully saturated rings. The second kappa shape index (κ2) is 13.0. The molecule has 6 aromatic rings. The summed E-state index contributed by atoms with van der Waals surface area (Å²) >= 11 is 0. The Balaban J connectivity index is 0.00000353. The predicted molar refractivity (Wildman–Crippen MR) is 168 cm³/mol. The Morgan fingerprint density at radius 1 is 0.762 bits per heavy atom. The van der Waals surface area contributed by atoms with E-state index in [0.29, 0.717) is 0 Å². The third kappa shape index (κ3) is 5.79. The largest absolute Gasteiger partial charge is 2.00 e. The van der Waals surface area contributed by atoms with Gasteiger partial charge in [0.2, 0.25) is 5.95 Å². The van der Waals surface area contributed by atoms with Crippen LogP contribution in [0.2, 0.25) is 0 Å². The predicted octanol–water partition coefficient (Wildman–Crippen LogP) is 8.78. The van der Waals surface area contributed by atoms with E-state index in [1.54, 1.807) is 0 Å². The van der Waals surface area contributed by atoms with Crippen molar-refractivity contribution in [1.82, 2.24) is 14.5 Å². The first-order valence-corrected chi connectivity index (χ1v) is 13.8. The van der Waals surface area contributed by atoms with Gasteiger partial charge in [-0.15, -0.1) is 54.1 Å². The molecule has 5 nitrogen and oxygen atoms in total. The minimum atomic E-state index is 0. The van der Waals surface area contributed by atoms with Crippen LogP contribution in [0.1, 0.15) is 18.1 Å². The van der Waals surface area contributed by atoms with Crippen LogP contribution in [-0.2, 0) is 21.1 Å². The molecule has 2 heterocycles. The third-order valence-corrected chi connectivity index (χ3v) is 7.11. The van der Waals surface area contributed by atoms with Crippen LogP contribution in [0.3, 0.4) is 0 Å². The smallest absolute Gasteiger partial charge is 0.350 e. The normalized spacial score (nSPS) is 10.6. The van der Waals surface area contributed by atoms with Crippen molar-refractivity contribution in [3.8, 4) is 16.9 Å². The summed E-state index contributed by atoms with van der Waals surface area (Å²) in [5.74, 6) is 1.66. The average Bonchev–Trinajstić information content (AvgIpc) is 3.44. The van der Waals surface area contributed by atoms with Crippen molar-refractivity contribution in [3.63, 3.8) is 0 Å². The van der Waals surface area contributed by atoms with Gasteiger partial charge in [0.1, 0.15) is 5.82 Å². The summed E-state index contributed by atoms with van der Waals surface area (Å²) in [5, 5.41) is 0. The molecule has 210 valence electrons. The summed E-state index contributed by atoms with van der Waals surface area (Å²) in [6.45, 7) is 7.17. The summed E-state index contributed by atoms with van der Waals surface area (Å²) in [7, 11) is 0. The summed E-state index contributed by atoms with van der Waals surface area (Å²) in [4.78, 5) is 14.2. The Hall–Kier alpha value is -4.47. The van der Waals surface area contributed by atoms with Crippen molar-refractivity contribution in [2.24, 2.45) is 0 Å². The molecule has 0 unspecified atom stereocenters. The Morgan fingerprint density at radius 2 is 1.48 bits per heavy atom. The topological polar surface area (TPSA) is 37.2 Å². The van der Waals surface area contributed by atoms with Crippen molar-refractivity contribution >= 4 is 28.8 Å². The average molecular weight is 729 g/mol. The van der Waals surface area contributed by atoms with E-state index in [-0.39, 0.29) is 21.1 Å². The number of rotatable bonds is 8. The maximum atomic E-state index is 5.26. The quantitative estimate of drug-likeness (QED) is 0.147. The zero-order chi connectivity index (χ0) is 28.2. The molecule has 0 bridgehead atoms. The van der Waals surface area contributed by atoms with E-state index in [2.05, 4.69) is 119 Å². The molecule has 0 saturated carbocycles. The summed E-state index contributed by atoms with van der Waals surface area (Å²) in [6, 6.07) is 44.0. The van der Waals surface area contributed by atoms with Crippen LogP contribution in [0.15, 0.2) is 122 Å². The number of imidazole rings is 1. The number of hydrogen-bond acceptors (Lipinski definition) is 4. The second-order valence-electron chi connectivity index (χ2n) is 9.84. The van der Waals surface area contributed by atoms with Crippen molar-refractivity contribution in [2.75, 3.05) is 16.3 Å². The van der Waals surface area contributed by atoms with Crippen LogP contribution >= 0.6 is 0 Å². The first-order chi connectivity index (χ1) is 20.1. The number of benzene rings is 4. The summed E-state index contributed by atoms with van der Waals surface area (Å²) < 4.78 is 2.20. The van der Waals surface area contributed by atoms with Crippen LogP contribution in [0.5, 0.6) is 0 Å². The standard InChI is InChI=1S/C36H31N5.Pt/c1-4-39(34-23-11-12-24-37-34)31-21-14-22-32(25-31)41(30-19-9-6-10-20-30)36-38-33(29-17-7-5-8-18-29)26-40(36)35-27(2)15-13-16-28(35)3;/h5-17,19-24,26H,4H2,1-3H3;/q-2;+2. The van der Waals surface area contributed by atoms with Crippen molar-refractivity contribution in [1.29, 1.82) is 0 Å². The Labute approximate surface area is 262 Å². The number of hydrogen-bond donors (Lipinski definition) is 0. The molecule has 0 N–H and O–H groups in total. The zero-order valence-electron chi connectivity index (χ0n) is 23.8. The van der Waals surface area contributed by atoms with Crippen LogP contribution in [0.25, 0.3) is 16.9 Å². The molecule has 42 heavy (non-hydrogen) atoms. The molecular weight excluding hydrogens is 698 g/mol. The molecule has 6 rings (SSSR count). The second-order valence-corrected chi connectivity index (χ2v) is 9.84. The van der Waals surface area contributed by atoms with Gasteiger partial charge in [-0.05, 0) is 62.4 Å². The van der Waals surface area contributed by atoms with Crippen molar-refractivity contribution in [3.05, 3.63) is 145 Å². The molecular formula is C36H31N5Pt. The maximum Gasteiger partial charge on any atom is 2.00 e. The van der Waals surface area contributed by atoms with Gasteiger partial charge in [-0.1, -0.05) is 53.8 Å². The van der Waals surface area contributed by atoms with E-state index in [0.717, 1.165) is 52.3 Å². The van der Waals surface area contributed by atoms with E-state index in [9.17, 15) is 0 Å². The van der Waals surface area contributed by atoms with Crippen molar-refractivity contribution in [2.45, 2.75) is 20.8 Å². The number of nitrogens with zero attached hydrogens (tertiary/aromatic N) is 5. The number of pyridine rings is 1. The third-order valence-electron chi connectivity index (χ3n) is 7.11. The number of aryl methyl sites for hydroxylation is 2. The van der Waals surface area contributed by atoms with Crippen LogP contribution in [0, 0.1) is 26.0 Å². The van der Waals surface area contributed by atoms with E-state index in [1.165, 1.54) is 11.1 Å². The fourth-order valence-corrected chi connectivity index (χ4v) is 5.20. The molecule has 0 radical (unpaired) electrons. The van der Waals surface area contributed by atoms with Gasteiger partial charge in [0.15, 0.2) is 0 Å². The van der Waals surface area contributed by atoms with Crippen LogP contribution in [-0.4, -0.2) is 21.1 Å². The van der Waals surface area contributed by atoms with Gasteiger partial charge in [0, 0.05) is 24.1 Å². The number of aromatic nitrogens is 3. The zero-order valence-corrected chi connectivity index (χ0v) is 26.1. The number of anilines is 5. The molecule has 0 aliphatic heterocycles. The fraction of sp³-hybridized carbons (Fsp3) is 0.111. The van der Waals surface area contributed by atoms with E-state index < -0.39 is 0 Å². The fourth-order valence-electron chi connectivity index (χ4n) is 5.20. The van der Waals surface area contributed by atoms with E-state index in [4.69, 9.17) is 4.98 Å². The molecule has 0 saturated heterocycles. The summed E-state index contributed by atoms with van der Waals surface area (Å²) in [6.07, 6.45) is 3.93. The maximum absolute atomic E-state index is 5.26. The van der Waals surface area contributed by atoms with Gasteiger partial charge >= 0.3 is 21.1 Å². The van der Waals surface area contributed by atoms with E-state index in [1.807, 2.05) is 54.7 Å².